The first-order chi connectivity index (χ1) is 13.3. The maximum absolute atomic E-state index is 12.8. The predicted octanol–water partition coefficient (Wildman–Crippen LogP) is 2.51. The quantitative estimate of drug-likeness (QED) is 0.848. The van der Waals surface area contributed by atoms with Gasteiger partial charge in [-0.25, -0.2) is 4.98 Å². The summed E-state index contributed by atoms with van der Waals surface area (Å²) in [6.45, 7) is 0.448. The van der Waals surface area contributed by atoms with Gasteiger partial charge in [-0.2, -0.15) is 13.2 Å². The lowest BCUT2D eigenvalue weighted by molar-refractivity contribution is -0.137. The molecule has 1 aliphatic rings. The van der Waals surface area contributed by atoms with Crippen molar-refractivity contribution < 1.29 is 27.5 Å². The van der Waals surface area contributed by atoms with Gasteiger partial charge in [0.2, 0.25) is 11.8 Å². The molecule has 6 nitrogen and oxygen atoms in total. The highest BCUT2D eigenvalue weighted by Gasteiger charge is 2.32. The van der Waals surface area contributed by atoms with Crippen molar-refractivity contribution in [3.05, 3.63) is 59.8 Å². The Hall–Kier alpha value is -3.10. The van der Waals surface area contributed by atoms with Crippen molar-refractivity contribution in [3.8, 4) is 5.88 Å². The van der Waals surface area contributed by atoms with Crippen molar-refractivity contribution in [3.63, 3.8) is 0 Å². The minimum Gasteiger partial charge on any atom is -0.472 e. The molecule has 1 atom stereocenters. The molecule has 2 heterocycles. The average Bonchev–Trinajstić information content (AvgIpc) is 3.14. The molecule has 28 heavy (non-hydrogen) atoms. The zero-order valence-corrected chi connectivity index (χ0v) is 14.8. The second-order valence-corrected chi connectivity index (χ2v) is 6.30. The number of rotatable bonds is 5. The van der Waals surface area contributed by atoms with Gasteiger partial charge >= 0.3 is 6.18 Å². The van der Waals surface area contributed by atoms with Crippen LogP contribution in [0.2, 0.25) is 0 Å². The second kappa shape index (κ2) is 8.28. The third kappa shape index (κ3) is 4.99. The Bertz CT molecular complexity index is 843. The van der Waals surface area contributed by atoms with Gasteiger partial charge in [-0.3, -0.25) is 9.59 Å². The van der Waals surface area contributed by atoms with Crippen LogP contribution in [0.25, 0.3) is 0 Å². The second-order valence-electron chi connectivity index (χ2n) is 6.30. The molecule has 148 valence electrons. The molecule has 0 unspecified atom stereocenters. The lowest BCUT2D eigenvalue weighted by atomic mass is 10.2. The smallest absolute Gasteiger partial charge is 0.416 e. The van der Waals surface area contributed by atoms with Crippen molar-refractivity contribution in [1.29, 1.82) is 0 Å². The van der Waals surface area contributed by atoms with E-state index >= 15 is 0 Å². The van der Waals surface area contributed by atoms with Crippen LogP contribution in [0.15, 0.2) is 48.7 Å². The Kier molecular flexibility index (Phi) is 5.81. The summed E-state index contributed by atoms with van der Waals surface area (Å²) in [7, 11) is 0. The topological polar surface area (TPSA) is 71.5 Å². The van der Waals surface area contributed by atoms with E-state index in [-0.39, 0.29) is 30.8 Å². The van der Waals surface area contributed by atoms with E-state index in [0.29, 0.717) is 18.5 Å². The van der Waals surface area contributed by atoms with E-state index < -0.39 is 17.8 Å². The molecule has 0 saturated carbocycles. The summed E-state index contributed by atoms with van der Waals surface area (Å²) in [5, 5.41) is 2.56. The molecule has 0 bridgehead atoms. The van der Waals surface area contributed by atoms with E-state index in [4.69, 9.17) is 4.74 Å². The maximum Gasteiger partial charge on any atom is 0.416 e. The van der Waals surface area contributed by atoms with E-state index in [0.717, 1.165) is 18.3 Å². The summed E-state index contributed by atoms with van der Waals surface area (Å²) >= 11 is 0. The summed E-state index contributed by atoms with van der Waals surface area (Å²) in [4.78, 5) is 29.5. The molecule has 0 aliphatic carbocycles. The minimum absolute atomic E-state index is 0.133. The Morgan fingerprint density at radius 3 is 2.68 bits per heavy atom. The van der Waals surface area contributed by atoms with Gasteiger partial charge in [-0.15, -0.1) is 0 Å². The molecule has 3 rings (SSSR count). The molecule has 0 spiro atoms. The van der Waals surface area contributed by atoms with Crippen molar-refractivity contribution >= 4 is 11.8 Å². The average molecular weight is 393 g/mol. The lowest BCUT2D eigenvalue weighted by Crippen LogP contribution is -2.39. The Morgan fingerprint density at radius 1 is 1.21 bits per heavy atom. The highest BCUT2D eigenvalue weighted by molar-refractivity contribution is 5.96. The molecule has 2 amide bonds. The van der Waals surface area contributed by atoms with Crippen LogP contribution in [0.3, 0.4) is 0 Å². The first-order valence-corrected chi connectivity index (χ1v) is 8.64. The fourth-order valence-electron chi connectivity index (χ4n) is 2.83. The number of halogens is 3. The number of pyridine rings is 1. The predicted molar refractivity (Wildman–Crippen MR) is 93.6 cm³/mol. The van der Waals surface area contributed by atoms with Gasteiger partial charge in [0.25, 0.3) is 5.91 Å². The largest absolute Gasteiger partial charge is 0.472 e. The molecule has 1 aliphatic heterocycles. The van der Waals surface area contributed by atoms with Gasteiger partial charge in [0.05, 0.1) is 18.7 Å². The number of likely N-dealkylation sites (tertiary alicyclic amines) is 1. The summed E-state index contributed by atoms with van der Waals surface area (Å²) in [5.41, 5.74) is -0.388. The Balaban J connectivity index is 1.50. The van der Waals surface area contributed by atoms with Crippen LogP contribution in [0.5, 0.6) is 5.88 Å². The summed E-state index contributed by atoms with van der Waals surface area (Å²) < 4.78 is 43.7. The molecular weight excluding hydrogens is 375 g/mol. The van der Waals surface area contributed by atoms with Crippen molar-refractivity contribution in [2.75, 3.05) is 19.6 Å². The van der Waals surface area contributed by atoms with Crippen LogP contribution >= 0.6 is 0 Å². The highest BCUT2D eigenvalue weighted by atomic mass is 19.4. The fraction of sp³-hybridized carbons (Fsp3) is 0.316. The summed E-state index contributed by atoms with van der Waals surface area (Å²) in [5.74, 6) is -0.770. The number of hydrogen-bond acceptors (Lipinski definition) is 4. The number of amides is 2. The van der Waals surface area contributed by atoms with E-state index in [9.17, 15) is 22.8 Å². The fourth-order valence-corrected chi connectivity index (χ4v) is 2.83. The molecule has 2 aromatic rings. The zero-order valence-electron chi connectivity index (χ0n) is 14.8. The number of hydrogen-bond donors (Lipinski definition) is 1. The molecule has 1 fully saturated rings. The Labute approximate surface area is 159 Å². The first-order valence-electron chi connectivity index (χ1n) is 8.64. The summed E-state index contributed by atoms with van der Waals surface area (Å²) in [6.07, 6.45) is -3.43. The van der Waals surface area contributed by atoms with Crippen molar-refractivity contribution in [2.45, 2.75) is 18.7 Å². The molecule has 9 heteroatoms. The van der Waals surface area contributed by atoms with Gasteiger partial charge in [0.15, 0.2) is 0 Å². The van der Waals surface area contributed by atoms with Crippen LogP contribution in [-0.2, 0) is 11.0 Å². The van der Waals surface area contributed by atoms with E-state index in [1.807, 2.05) is 0 Å². The number of benzene rings is 1. The standard InChI is InChI=1S/C19H18F3N3O3/c20-19(21,22)14-6-8-23-16(10-14)28-15-7-9-25(12-15)17(26)11-24-18(27)13-4-2-1-3-5-13/h1-6,8,10,15H,7,9,11-12H2,(H,24,27)/t15-/m1/s1. The molecule has 1 aromatic heterocycles. The van der Waals surface area contributed by atoms with Gasteiger partial charge < -0.3 is 15.0 Å². The van der Waals surface area contributed by atoms with Gasteiger partial charge in [0, 0.05) is 30.8 Å². The van der Waals surface area contributed by atoms with Gasteiger partial charge in [0.1, 0.15) is 6.10 Å². The molecule has 1 aromatic carbocycles. The molecular formula is C19H18F3N3O3. The lowest BCUT2D eigenvalue weighted by Gasteiger charge is -2.17. The zero-order chi connectivity index (χ0) is 20.1. The van der Waals surface area contributed by atoms with Crippen LogP contribution in [0, 0.1) is 0 Å². The van der Waals surface area contributed by atoms with Gasteiger partial charge in [-0.05, 0) is 18.2 Å². The molecule has 1 N–H and O–H groups in total. The number of nitrogens with zero attached hydrogens (tertiary/aromatic N) is 2. The highest BCUT2D eigenvalue weighted by Crippen LogP contribution is 2.31. The SMILES string of the molecule is O=C(NCC(=O)N1CC[C@@H](Oc2cc(C(F)(F)F)ccn2)C1)c1ccccc1. The maximum atomic E-state index is 12.8. The minimum atomic E-state index is -4.48. The van der Waals surface area contributed by atoms with E-state index in [1.54, 1.807) is 30.3 Å². The molecule has 1 saturated heterocycles. The number of ether oxygens (including phenoxy) is 1. The number of carbonyl (C=O) groups excluding carboxylic acids is 2. The monoisotopic (exact) mass is 393 g/mol. The van der Waals surface area contributed by atoms with Gasteiger partial charge in [-0.1, -0.05) is 18.2 Å². The third-order valence-corrected chi connectivity index (χ3v) is 4.28. The number of alkyl halides is 3. The van der Waals surface area contributed by atoms with Crippen LogP contribution < -0.4 is 10.1 Å². The van der Waals surface area contributed by atoms with E-state index in [1.165, 1.54) is 4.90 Å². The van der Waals surface area contributed by atoms with Crippen molar-refractivity contribution in [1.82, 2.24) is 15.2 Å². The van der Waals surface area contributed by atoms with Crippen LogP contribution in [0.4, 0.5) is 13.2 Å². The van der Waals surface area contributed by atoms with E-state index in [2.05, 4.69) is 10.3 Å². The first kappa shape index (κ1) is 19.7. The third-order valence-electron chi connectivity index (χ3n) is 4.28. The van der Waals surface area contributed by atoms with Crippen LogP contribution in [0.1, 0.15) is 22.3 Å². The number of nitrogens with one attached hydrogen (secondary N) is 1. The van der Waals surface area contributed by atoms with Crippen LogP contribution in [-0.4, -0.2) is 47.4 Å². The van der Waals surface area contributed by atoms with Crippen molar-refractivity contribution in [2.24, 2.45) is 0 Å². The number of aromatic nitrogens is 1. The summed E-state index contributed by atoms with van der Waals surface area (Å²) in [6, 6.07) is 10.2. The molecule has 0 radical (unpaired) electrons. The Morgan fingerprint density at radius 2 is 1.96 bits per heavy atom. The normalized spacial score (nSPS) is 16.7. The number of carbonyl (C=O) groups is 2.